The normalized spacial score (nSPS) is 36.4. The molecule has 0 bridgehead atoms. The fourth-order valence-electron chi connectivity index (χ4n) is 8.91. The molecule has 0 aliphatic carbocycles. The number of nitrogens with one attached hydrogen (secondary N) is 2. The van der Waals surface area contributed by atoms with E-state index in [1.54, 1.807) is 46.9 Å². The molecule has 3 aliphatic rings. The summed E-state index contributed by atoms with van der Waals surface area (Å²) in [4.78, 5) is 70.8. The zero-order chi connectivity index (χ0) is 42.7. The number of Topliss-reactive ketones (excluding diaryl/α,β-unsaturated/α-hetero) is 2. The first kappa shape index (κ1) is 44.9. The van der Waals surface area contributed by atoms with Crippen LogP contribution in [0.5, 0.6) is 0 Å². The molecule has 4 heterocycles. The molecule has 0 unspecified atom stereocenters. The molecule has 3 aliphatic heterocycles. The van der Waals surface area contributed by atoms with E-state index in [9.17, 15) is 29.1 Å². The van der Waals surface area contributed by atoms with Gasteiger partial charge in [-0.25, -0.2) is 4.79 Å². The van der Waals surface area contributed by atoms with Crippen LogP contribution in [-0.2, 0) is 49.3 Å². The molecule has 320 valence electrons. The Balaban J connectivity index is 1.42. The first-order valence-electron chi connectivity index (χ1n) is 20.2. The molecule has 1 aromatic carbocycles. The van der Waals surface area contributed by atoms with E-state index in [4.69, 9.17) is 28.1 Å². The standard InChI is InChI=1S/C43H61N3O12/c1-23-22-42(6,53-10)38(57-40-36(50)30(46(8)9)19-24(2)55-40)26(4)35(49)27(5)39(51)56-32(43(7)37(25(3)34(23)48)45-41(52)58-43)16-17-44-33(47)21-28-13-11-14-29(20-28)31-15-12-18-54-31/h11-15,18,20,23-27,30,32,36-38,40,50H,16-17,19,21-22H2,1-10H3,(H,44,47)(H,45,52)/t23-,24-,25+,26+,27-,30+,32-,36-,37-,38-,40+,42-,43-/m1/s1. The van der Waals surface area contributed by atoms with Crippen LogP contribution in [0, 0.1) is 23.7 Å². The van der Waals surface area contributed by atoms with Crippen LogP contribution in [0.3, 0.4) is 0 Å². The molecule has 5 rings (SSSR count). The Morgan fingerprint density at radius 2 is 1.74 bits per heavy atom. The van der Waals surface area contributed by atoms with Crippen molar-refractivity contribution in [2.24, 2.45) is 23.7 Å². The molecular weight excluding hydrogens is 750 g/mol. The number of furan rings is 1. The van der Waals surface area contributed by atoms with Crippen LogP contribution in [0.25, 0.3) is 11.3 Å². The van der Waals surface area contributed by atoms with Crippen LogP contribution < -0.4 is 10.6 Å². The number of rotatable bonds is 10. The van der Waals surface area contributed by atoms with Crippen molar-refractivity contribution < 1.29 is 57.2 Å². The number of hydrogen-bond donors (Lipinski definition) is 3. The smallest absolute Gasteiger partial charge is 0.408 e. The highest BCUT2D eigenvalue weighted by Gasteiger charge is 2.57. The lowest BCUT2D eigenvalue weighted by atomic mass is 9.73. The summed E-state index contributed by atoms with van der Waals surface area (Å²) in [6.45, 7) is 11.7. The van der Waals surface area contributed by atoms with Gasteiger partial charge in [-0.05, 0) is 78.4 Å². The van der Waals surface area contributed by atoms with Gasteiger partial charge in [-0.1, -0.05) is 39.0 Å². The Morgan fingerprint density at radius 1 is 1.02 bits per heavy atom. The highest BCUT2D eigenvalue weighted by molar-refractivity contribution is 6.00. The van der Waals surface area contributed by atoms with Gasteiger partial charge in [0.25, 0.3) is 0 Å². The summed E-state index contributed by atoms with van der Waals surface area (Å²) in [6.07, 6.45) is -3.33. The zero-order valence-electron chi connectivity index (χ0n) is 35.3. The predicted octanol–water partition coefficient (Wildman–Crippen LogP) is 4.08. The van der Waals surface area contributed by atoms with Crippen LogP contribution in [0.4, 0.5) is 4.79 Å². The van der Waals surface area contributed by atoms with E-state index in [1.165, 1.54) is 14.0 Å². The van der Waals surface area contributed by atoms with Crippen molar-refractivity contribution in [3.05, 3.63) is 48.2 Å². The second-order valence-electron chi connectivity index (χ2n) is 17.0. The topological polar surface area (TPSA) is 192 Å². The monoisotopic (exact) mass is 811 g/mol. The Hall–Kier alpha value is -4.15. The first-order chi connectivity index (χ1) is 27.3. The summed E-state index contributed by atoms with van der Waals surface area (Å²) in [7, 11) is 5.16. The van der Waals surface area contributed by atoms with Gasteiger partial charge in [0.15, 0.2) is 17.7 Å². The van der Waals surface area contributed by atoms with Gasteiger partial charge < -0.3 is 48.7 Å². The van der Waals surface area contributed by atoms with Crippen LogP contribution >= 0.6 is 0 Å². The minimum Gasteiger partial charge on any atom is -0.464 e. The van der Waals surface area contributed by atoms with Crippen LogP contribution in [0.2, 0.25) is 0 Å². The first-order valence-corrected chi connectivity index (χ1v) is 20.2. The lowest BCUT2D eigenvalue weighted by Gasteiger charge is -2.47. The third kappa shape index (κ3) is 9.65. The van der Waals surface area contributed by atoms with Gasteiger partial charge in [0.2, 0.25) is 5.91 Å². The molecule has 0 radical (unpaired) electrons. The van der Waals surface area contributed by atoms with Crippen molar-refractivity contribution in [3.8, 4) is 11.3 Å². The number of alkyl carbamates (subject to hydrolysis) is 1. The zero-order valence-corrected chi connectivity index (χ0v) is 35.3. The quantitative estimate of drug-likeness (QED) is 0.230. The van der Waals surface area contributed by atoms with E-state index in [2.05, 4.69) is 10.6 Å². The van der Waals surface area contributed by atoms with E-state index >= 15 is 0 Å². The Bertz CT molecular complexity index is 1780. The van der Waals surface area contributed by atoms with E-state index in [-0.39, 0.29) is 49.6 Å². The summed E-state index contributed by atoms with van der Waals surface area (Å²) in [5.41, 5.74) is -1.28. The van der Waals surface area contributed by atoms with Gasteiger partial charge >= 0.3 is 12.1 Å². The maximum Gasteiger partial charge on any atom is 0.408 e. The number of cyclic esters (lactones) is 1. The largest absolute Gasteiger partial charge is 0.464 e. The number of amides is 2. The van der Waals surface area contributed by atoms with Crippen molar-refractivity contribution >= 4 is 29.5 Å². The van der Waals surface area contributed by atoms with E-state index in [0.29, 0.717) is 12.2 Å². The van der Waals surface area contributed by atoms with E-state index in [1.807, 2.05) is 56.3 Å². The molecule has 15 heteroatoms. The molecule has 3 fully saturated rings. The predicted molar refractivity (Wildman–Crippen MR) is 211 cm³/mol. The van der Waals surface area contributed by atoms with Gasteiger partial charge in [0.1, 0.15) is 29.7 Å². The number of hydrogen-bond acceptors (Lipinski definition) is 13. The molecule has 58 heavy (non-hydrogen) atoms. The van der Waals surface area contributed by atoms with Gasteiger partial charge in [-0.2, -0.15) is 0 Å². The maximum absolute atomic E-state index is 14.4. The third-order valence-electron chi connectivity index (χ3n) is 12.4. The van der Waals surface area contributed by atoms with Crippen molar-refractivity contribution in [1.82, 2.24) is 15.5 Å². The molecule has 0 saturated carbocycles. The number of methoxy groups -OCH3 is 1. The van der Waals surface area contributed by atoms with Crippen LogP contribution in [0.1, 0.15) is 73.3 Å². The fraction of sp³-hybridized carbons (Fsp3) is 0.651. The number of ketones is 2. The number of fused-ring (bicyclic) bond motifs is 1. The van der Waals surface area contributed by atoms with Crippen molar-refractivity contribution in [2.75, 3.05) is 27.7 Å². The number of carbonyl (C=O) groups excluding carboxylic acids is 5. The Labute approximate surface area is 340 Å². The Morgan fingerprint density at radius 3 is 2.40 bits per heavy atom. The fourth-order valence-corrected chi connectivity index (χ4v) is 8.91. The van der Waals surface area contributed by atoms with Crippen molar-refractivity contribution in [1.29, 1.82) is 0 Å². The highest BCUT2D eigenvalue weighted by atomic mass is 16.7. The molecule has 15 nitrogen and oxygen atoms in total. The number of nitrogens with zero attached hydrogens (tertiary/aromatic N) is 1. The molecular formula is C43H61N3O12. The summed E-state index contributed by atoms with van der Waals surface area (Å²) in [5, 5.41) is 17.1. The minimum atomic E-state index is -1.56. The summed E-state index contributed by atoms with van der Waals surface area (Å²) in [6, 6.07) is 9.77. The van der Waals surface area contributed by atoms with E-state index < -0.39 is 83.4 Å². The second kappa shape index (κ2) is 18.4. The highest BCUT2D eigenvalue weighted by Crippen LogP contribution is 2.40. The second-order valence-corrected chi connectivity index (χ2v) is 17.0. The van der Waals surface area contributed by atoms with Crippen LogP contribution in [0.15, 0.2) is 47.1 Å². The Kier molecular flexibility index (Phi) is 14.3. The molecule has 1 aromatic heterocycles. The number of benzene rings is 1. The lowest BCUT2D eigenvalue weighted by molar-refractivity contribution is -0.295. The minimum absolute atomic E-state index is 0.00554. The molecule has 3 saturated heterocycles. The van der Waals surface area contributed by atoms with Gasteiger partial charge in [0, 0.05) is 49.4 Å². The number of esters is 1. The van der Waals surface area contributed by atoms with Gasteiger partial charge in [0.05, 0.1) is 36.5 Å². The molecule has 13 atom stereocenters. The average molecular weight is 812 g/mol. The number of ether oxygens (including phenoxy) is 5. The molecule has 0 spiro atoms. The summed E-state index contributed by atoms with van der Waals surface area (Å²) < 4.78 is 36.2. The molecule has 2 amide bonds. The summed E-state index contributed by atoms with van der Waals surface area (Å²) >= 11 is 0. The van der Waals surface area contributed by atoms with Crippen molar-refractivity contribution in [2.45, 2.75) is 128 Å². The molecule has 2 aromatic rings. The third-order valence-corrected chi connectivity index (χ3v) is 12.4. The van der Waals surface area contributed by atoms with Crippen LogP contribution in [-0.4, -0.2) is 121 Å². The van der Waals surface area contributed by atoms with E-state index in [0.717, 1.165) is 11.1 Å². The van der Waals surface area contributed by atoms with Gasteiger partial charge in [-0.3, -0.25) is 19.2 Å². The molecule has 3 N–H and O–H groups in total. The summed E-state index contributed by atoms with van der Waals surface area (Å²) in [5.74, 6) is -5.14. The van der Waals surface area contributed by atoms with Gasteiger partial charge in [-0.15, -0.1) is 0 Å². The lowest BCUT2D eigenvalue weighted by Crippen LogP contribution is -2.60. The number of aliphatic hydroxyl groups excluding tert-OH is 1. The SMILES string of the molecule is CO[C@]1(C)C[C@@H](C)C(=O)[C@H](C)[C@H]2NC(=O)O[C@]2(C)[C@@H](CCNC(=O)Cc2cccc(-c3ccco3)c2)OC(=O)[C@H](C)C(=O)[C@H](C)[C@H]1O[C@@H]1O[C@H](C)C[C@H](N(C)C)[C@H]1O. The average Bonchev–Trinajstić information content (AvgIpc) is 3.83. The van der Waals surface area contributed by atoms with Crippen molar-refractivity contribution in [3.63, 3.8) is 0 Å². The number of likely N-dealkylation sites (N-methyl/N-ethyl adjacent to an activating group) is 1. The number of carbonyl (C=O) groups is 5. The number of aliphatic hydroxyl groups is 1. The maximum atomic E-state index is 14.4.